The minimum atomic E-state index is -0.0961. The zero-order valence-electron chi connectivity index (χ0n) is 12.7. The molecule has 4 heteroatoms. The van der Waals surface area contributed by atoms with E-state index in [1.807, 2.05) is 30.3 Å². The van der Waals surface area contributed by atoms with Crippen LogP contribution in [0.15, 0.2) is 30.3 Å². The van der Waals surface area contributed by atoms with E-state index in [-0.39, 0.29) is 23.7 Å². The largest absolute Gasteiger partial charge is 0.311 e. The average molecular weight is 298 g/mol. The molecule has 116 valence electrons. The Balaban J connectivity index is 1.46. The highest BCUT2D eigenvalue weighted by Crippen LogP contribution is 2.39. The number of likely N-dealkylation sites (tertiary alicyclic amines) is 1. The van der Waals surface area contributed by atoms with Gasteiger partial charge in [-0.05, 0) is 37.7 Å². The molecule has 0 bridgehead atoms. The Hall–Kier alpha value is -1.68. The fraction of sp³-hybridized carbons (Fsp3) is 0.556. The fourth-order valence-corrected chi connectivity index (χ4v) is 3.90. The summed E-state index contributed by atoms with van der Waals surface area (Å²) >= 11 is 0. The van der Waals surface area contributed by atoms with Crippen molar-refractivity contribution in [3.8, 4) is 0 Å². The molecule has 1 saturated heterocycles. The van der Waals surface area contributed by atoms with Crippen molar-refractivity contribution < 1.29 is 9.59 Å². The topological polar surface area (TPSA) is 49.4 Å². The molecule has 2 saturated carbocycles. The third kappa shape index (κ3) is 2.56. The second-order valence-corrected chi connectivity index (χ2v) is 6.91. The number of amides is 2. The van der Waals surface area contributed by atoms with Gasteiger partial charge in [-0.25, -0.2) is 0 Å². The second kappa shape index (κ2) is 5.51. The van der Waals surface area contributed by atoms with Gasteiger partial charge in [0.2, 0.25) is 11.8 Å². The molecule has 1 aliphatic heterocycles. The van der Waals surface area contributed by atoms with E-state index in [9.17, 15) is 9.59 Å². The van der Waals surface area contributed by atoms with E-state index in [1.165, 1.54) is 17.7 Å². The van der Waals surface area contributed by atoms with Crippen molar-refractivity contribution >= 4 is 11.8 Å². The third-order valence-electron chi connectivity index (χ3n) is 5.25. The minimum absolute atomic E-state index is 0.0427. The van der Waals surface area contributed by atoms with Crippen LogP contribution in [0.25, 0.3) is 0 Å². The van der Waals surface area contributed by atoms with Gasteiger partial charge in [0.05, 0.1) is 18.4 Å². The lowest BCUT2D eigenvalue weighted by atomic mass is 9.78. The van der Waals surface area contributed by atoms with Crippen LogP contribution in [-0.4, -0.2) is 28.8 Å². The molecule has 2 aliphatic carbocycles. The molecule has 1 aromatic rings. The highest BCUT2D eigenvalue weighted by Gasteiger charge is 2.50. The fourth-order valence-electron chi connectivity index (χ4n) is 3.90. The molecule has 0 radical (unpaired) electrons. The van der Waals surface area contributed by atoms with Crippen LogP contribution in [0, 0.1) is 11.8 Å². The Morgan fingerprint density at radius 2 is 1.59 bits per heavy atom. The number of nitrogens with zero attached hydrogens (tertiary/aromatic N) is 1. The van der Waals surface area contributed by atoms with Gasteiger partial charge >= 0.3 is 0 Å². The zero-order valence-corrected chi connectivity index (χ0v) is 12.7. The van der Waals surface area contributed by atoms with Crippen molar-refractivity contribution in [2.45, 2.75) is 50.7 Å². The SMILES string of the molecule is O=C1C2CCC(NC3CC3)CC2C(=O)N1Cc1ccccc1. The van der Waals surface area contributed by atoms with Gasteiger partial charge in [-0.15, -0.1) is 0 Å². The van der Waals surface area contributed by atoms with E-state index in [0.29, 0.717) is 18.6 Å². The normalized spacial score (nSPS) is 31.5. The van der Waals surface area contributed by atoms with Gasteiger partial charge in [0.25, 0.3) is 0 Å². The number of rotatable bonds is 4. The summed E-state index contributed by atoms with van der Waals surface area (Å²) in [5.74, 6) is -0.0837. The van der Waals surface area contributed by atoms with Gasteiger partial charge in [-0.3, -0.25) is 14.5 Å². The van der Waals surface area contributed by atoms with Crippen LogP contribution in [0.1, 0.15) is 37.7 Å². The van der Waals surface area contributed by atoms with Crippen molar-refractivity contribution in [2.24, 2.45) is 11.8 Å². The number of nitrogens with one attached hydrogen (secondary N) is 1. The van der Waals surface area contributed by atoms with Crippen LogP contribution in [0.5, 0.6) is 0 Å². The number of hydrogen-bond acceptors (Lipinski definition) is 3. The molecular weight excluding hydrogens is 276 g/mol. The highest BCUT2D eigenvalue weighted by atomic mass is 16.2. The van der Waals surface area contributed by atoms with Crippen LogP contribution in [0.4, 0.5) is 0 Å². The van der Waals surface area contributed by atoms with E-state index in [0.717, 1.165) is 24.8 Å². The van der Waals surface area contributed by atoms with E-state index >= 15 is 0 Å². The Bertz CT molecular complexity index is 582. The second-order valence-electron chi connectivity index (χ2n) is 6.91. The molecular formula is C18H22N2O2. The Morgan fingerprint density at radius 3 is 2.32 bits per heavy atom. The summed E-state index contributed by atoms with van der Waals surface area (Å²) in [7, 11) is 0. The van der Waals surface area contributed by atoms with Gasteiger partial charge < -0.3 is 5.32 Å². The van der Waals surface area contributed by atoms with Gasteiger partial charge in [-0.2, -0.15) is 0 Å². The summed E-state index contributed by atoms with van der Waals surface area (Å²) in [6.45, 7) is 0.423. The van der Waals surface area contributed by atoms with E-state index in [2.05, 4.69) is 5.32 Å². The van der Waals surface area contributed by atoms with Crippen molar-refractivity contribution in [1.82, 2.24) is 10.2 Å². The van der Waals surface area contributed by atoms with Gasteiger partial charge in [0.15, 0.2) is 0 Å². The molecule has 1 aromatic carbocycles. The molecule has 3 fully saturated rings. The number of carbonyl (C=O) groups is 2. The van der Waals surface area contributed by atoms with Crippen molar-refractivity contribution in [1.29, 1.82) is 0 Å². The maximum Gasteiger partial charge on any atom is 0.233 e. The summed E-state index contributed by atoms with van der Waals surface area (Å²) in [5.41, 5.74) is 1.02. The van der Waals surface area contributed by atoms with Gasteiger partial charge in [-0.1, -0.05) is 30.3 Å². The molecule has 3 unspecified atom stereocenters. The van der Waals surface area contributed by atoms with Crippen LogP contribution < -0.4 is 5.32 Å². The first-order valence-electron chi connectivity index (χ1n) is 8.37. The third-order valence-corrected chi connectivity index (χ3v) is 5.25. The molecule has 1 heterocycles. The molecule has 1 N–H and O–H groups in total. The van der Waals surface area contributed by atoms with Crippen LogP contribution >= 0.6 is 0 Å². The van der Waals surface area contributed by atoms with Gasteiger partial charge in [0, 0.05) is 12.1 Å². The number of benzene rings is 1. The first kappa shape index (κ1) is 13.9. The number of carbonyl (C=O) groups excluding carboxylic acids is 2. The van der Waals surface area contributed by atoms with Gasteiger partial charge in [0.1, 0.15) is 0 Å². The molecule has 4 rings (SSSR count). The summed E-state index contributed by atoms with van der Waals surface area (Å²) in [6, 6.07) is 10.9. The summed E-state index contributed by atoms with van der Waals surface area (Å²) in [5, 5.41) is 3.62. The Labute approximate surface area is 130 Å². The van der Waals surface area contributed by atoms with Crippen LogP contribution in [-0.2, 0) is 16.1 Å². The van der Waals surface area contributed by atoms with Crippen molar-refractivity contribution in [3.63, 3.8) is 0 Å². The lowest BCUT2D eigenvalue weighted by molar-refractivity contribution is -0.140. The predicted molar refractivity (Wildman–Crippen MR) is 82.8 cm³/mol. The van der Waals surface area contributed by atoms with Crippen LogP contribution in [0.3, 0.4) is 0 Å². The molecule has 4 nitrogen and oxygen atoms in total. The quantitative estimate of drug-likeness (QED) is 0.866. The Morgan fingerprint density at radius 1 is 0.909 bits per heavy atom. The van der Waals surface area contributed by atoms with Crippen molar-refractivity contribution in [2.75, 3.05) is 0 Å². The molecule has 3 atom stereocenters. The first-order valence-corrected chi connectivity index (χ1v) is 8.37. The number of hydrogen-bond donors (Lipinski definition) is 1. The maximum atomic E-state index is 12.7. The molecule has 22 heavy (non-hydrogen) atoms. The summed E-state index contributed by atoms with van der Waals surface area (Å²) in [6.07, 6.45) is 5.23. The minimum Gasteiger partial charge on any atom is -0.311 e. The van der Waals surface area contributed by atoms with E-state index in [4.69, 9.17) is 0 Å². The average Bonchev–Trinajstić information content (AvgIpc) is 3.32. The molecule has 2 amide bonds. The molecule has 3 aliphatic rings. The summed E-state index contributed by atoms with van der Waals surface area (Å²) < 4.78 is 0. The number of fused-ring (bicyclic) bond motifs is 1. The monoisotopic (exact) mass is 298 g/mol. The first-order chi connectivity index (χ1) is 10.7. The van der Waals surface area contributed by atoms with E-state index in [1.54, 1.807) is 0 Å². The maximum absolute atomic E-state index is 12.7. The summed E-state index contributed by atoms with van der Waals surface area (Å²) in [4.78, 5) is 26.7. The molecule has 0 spiro atoms. The predicted octanol–water partition coefficient (Wildman–Crippen LogP) is 2.09. The lowest BCUT2D eigenvalue weighted by Crippen LogP contribution is -2.39. The van der Waals surface area contributed by atoms with E-state index < -0.39 is 0 Å². The molecule has 0 aromatic heterocycles. The standard InChI is InChI=1S/C18H22N2O2/c21-17-15-9-8-14(19-13-6-7-13)10-16(15)18(22)20(17)11-12-4-2-1-3-5-12/h1-5,13-16,19H,6-11H2. The zero-order chi connectivity index (χ0) is 15.1. The van der Waals surface area contributed by atoms with Crippen molar-refractivity contribution in [3.05, 3.63) is 35.9 Å². The van der Waals surface area contributed by atoms with Crippen LogP contribution in [0.2, 0.25) is 0 Å². The lowest BCUT2D eigenvalue weighted by Gasteiger charge is -2.29. The number of imide groups is 1. The highest BCUT2D eigenvalue weighted by molar-refractivity contribution is 6.05. The Kier molecular flexibility index (Phi) is 3.49. The smallest absolute Gasteiger partial charge is 0.233 e.